The molecule has 1 atom stereocenters. The summed E-state index contributed by atoms with van der Waals surface area (Å²) in [4.78, 5) is 28.9. The van der Waals surface area contributed by atoms with Crippen molar-refractivity contribution in [1.29, 1.82) is 0 Å². The summed E-state index contributed by atoms with van der Waals surface area (Å²) < 4.78 is 11.2. The van der Waals surface area contributed by atoms with Crippen LogP contribution in [0, 0.1) is 0 Å². The predicted octanol–water partition coefficient (Wildman–Crippen LogP) is 4.27. The molecule has 35 heavy (non-hydrogen) atoms. The quantitative estimate of drug-likeness (QED) is 0.253. The molecular weight excluding hydrogens is 507 g/mol. The van der Waals surface area contributed by atoms with Crippen LogP contribution in [0.5, 0.6) is 0 Å². The van der Waals surface area contributed by atoms with E-state index in [0.717, 1.165) is 16.7 Å². The van der Waals surface area contributed by atoms with Crippen LogP contribution in [0.25, 0.3) is 11.1 Å². The van der Waals surface area contributed by atoms with E-state index in [-0.39, 0.29) is 19.1 Å². The van der Waals surface area contributed by atoms with Crippen molar-refractivity contribution in [2.45, 2.75) is 25.3 Å². The van der Waals surface area contributed by atoms with Crippen molar-refractivity contribution in [3.8, 4) is 11.1 Å². The zero-order chi connectivity index (χ0) is 24.6. The molecule has 1 N–H and O–H groups in total. The van der Waals surface area contributed by atoms with Gasteiger partial charge < -0.3 is 0 Å². The first-order valence-corrected chi connectivity index (χ1v) is 12.4. The number of carbonyl (C=O) groups excluding carboxylic acids is 2. The van der Waals surface area contributed by atoms with Crippen LogP contribution in [0.15, 0.2) is 83.9 Å². The molecule has 1 amide bonds. The number of rotatable bonds is 9. The molecule has 4 rings (SSSR count). The van der Waals surface area contributed by atoms with E-state index in [1.54, 1.807) is 6.92 Å². The number of ether oxygens (including phenoxy) is 2. The van der Waals surface area contributed by atoms with Crippen LogP contribution in [0.4, 0.5) is 4.79 Å². The first-order chi connectivity index (χ1) is 17.1. The van der Waals surface area contributed by atoms with E-state index in [2.05, 4.69) is 50.6 Å². The van der Waals surface area contributed by atoms with E-state index in [1.807, 2.05) is 54.6 Å². The fourth-order valence-electron chi connectivity index (χ4n) is 4.29. The van der Waals surface area contributed by atoms with E-state index in [4.69, 9.17) is 9.47 Å². The number of nitrogens with one attached hydrogen (secondary N) is 1. The van der Waals surface area contributed by atoms with Crippen molar-refractivity contribution in [2.75, 3.05) is 19.8 Å². The summed E-state index contributed by atoms with van der Waals surface area (Å²) in [6, 6.07) is 25.7. The molecule has 0 aromatic heterocycles. The number of fused-ring (bicyclic) bond motifs is 3. The predicted molar refractivity (Wildman–Crippen MR) is 137 cm³/mol. The number of hydrogen-bond acceptors (Lipinski definition) is 5. The Morgan fingerprint density at radius 1 is 0.914 bits per heavy atom. The minimum absolute atomic E-state index is 0.0223. The normalized spacial score (nSPS) is 13.5. The van der Waals surface area contributed by atoms with Gasteiger partial charge in [0.15, 0.2) is 0 Å². The molecule has 0 fully saturated rings. The summed E-state index contributed by atoms with van der Waals surface area (Å²) in [6.07, 6.45) is -0.0356. The molecule has 179 valence electrons. The number of benzene rings is 3. The summed E-state index contributed by atoms with van der Waals surface area (Å²) in [5.41, 5.74) is 5.69. The van der Waals surface area contributed by atoms with E-state index >= 15 is 0 Å². The first kappa shape index (κ1) is 24.7. The van der Waals surface area contributed by atoms with Crippen molar-refractivity contribution in [1.82, 2.24) is 5.32 Å². The molecule has 0 bridgehead atoms. The van der Waals surface area contributed by atoms with Gasteiger partial charge in [0.1, 0.15) is 0 Å². The second-order valence-corrected chi connectivity index (χ2v) is 9.05. The Morgan fingerprint density at radius 3 is 2.14 bits per heavy atom. The standard InChI is InChI=1S/C28H27N2O4Se/c1-2-33-26(31)17-29-27(35)25(16-19-10-4-3-5-11-19)30-28(32)34-18-24-22-14-8-6-12-20(22)21-13-7-9-15-23(21)24/h3-15,24-25H,2,16-18H2,1H3,(H,30,32)/t25-/m0/s1. The van der Waals surface area contributed by atoms with Gasteiger partial charge in [0.05, 0.1) is 0 Å². The minimum atomic E-state index is -0.535. The van der Waals surface area contributed by atoms with Gasteiger partial charge in [0, 0.05) is 0 Å². The molecule has 3 aromatic rings. The second kappa shape index (κ2) is 11.8. The fourth-order valence-corrected chi connectivity index (χ4v) is 4.73. The maximum atomic E-state index is 12.9. The molecule has 3 aromatic carbocycles. The van der Waals surface area contributed by atoms with Gasteiger partial charge in [-0.15, -0.1) is 0 Å². The van der Waals surface area contributed by atoms with Gasteiger partial charge in [-0.25, -0.2) is 0 Å². The van der Waals surface area contributed by atoms with Gasteiger partial charge in [0.25, 0.3) is 0 Å². The molecule has 1 aliphatic rings. The summed E-state index contributed by atoms with van der Waals surface area (Å²) in [7, 11) is 0. The Labute approximate surface area is 213 Å². The van der Waals surface area contributed by atoms with Crippen LogP contribution in [0.1, 0.15) is 29.5 Å². The van der Waals surface area contributed by atoms with Gasteiger partial charge in [-0.05, 0) is 0 Å². The number of amides is 1. The average molecular weight is 534 g/mol. The van der Waals surface area contributed by atoms with Gasteiger partial charge in [-0.1, -0.05) is 0 Å². The summed E-state index contributed by atoms with van der Waals surface area (Å²) >= 11 is 2.90. The molecule has 7 heteroatoms. The van der Waals surface area contributed by atoms with Crippen LogP contribution in [0.3, 0.4) is 0 Å². The third-order valence-corrected chi connectivity index (χ3v) is 6.75. The second-order valence-electron chi connectivity index (χ2n) is 8.17. The van der Waals surface area contributed by atoms with Crippen molar-refractivity contribution < 1.29 is 19.1 Å². The maximum absolute atomic E-state index is 12.9. The number of hydrogen-bond donors (Lipinski definition) is 1. The topological polar surface area (TPSA) is 77.0 Å². The van der Waals surface area contributed by atoms with Gasteiger partial charge in [0.2, 0.25) is 0 Å². The molecule has 0 heterocycles. The van der Waals surface area contributed by atoms with E-state index in [1.165, 1.54) is 11.1 Å². The zero-order valence-electron chi connectivity index (χ0n) is 19.5. The van der Waals surface area contributed by atoms with E-state index in [9.17, 15) is 9.59 Å². The summed E-state index contributed by atoms with van der Waals surface area (Å²) in [5, 5.41) is 2.92. The third-order valence-electron chi connectivity index (χ3n) is 5.89. The molecule has 0 spiro atoms. The van der Waals surface area contributed by atoms with E-state index in [0.29, 0.717) is 17.6 Å². The van der Waals surface area contributed by atoms with Crippen molar-refractivity contribution in [2.24, 2.45) is 4.99 Å². The first-order valence-electron chi connectivity index (χ1n) is 11.6. The van der Waals surface area contributed by atoms with E-state index < -0.39 is 18.1 Å². The summed E-state index contributed by atoms with van der Waals surface area (Å²) in [5.74, 6) is -0.439. The molecule has 0 saturated heterocycles. The van der Waals surface area contributed by atoms with Crippen molar-refractivity contribution in [3.05, 3.63) is 95.6 Å². The fraction of sp³-hybridized carbons (Fsp3) is 0.250. The number of alkyl carbamates (subject to hydrolysis) is 1. The van der Waals surface area contributed by atoms with Crippen molar-refractivity contribution >= 4 is 32.7 Å². The summed E-state index contributed by atoms with van der Waals surface area (Å²) in [6.45, 7) is 2.15. The molecule has 0 saturated carbocycles. The average Bonchev–Trinajstić information content (AvgIpc) is 3.20. The van der Waals surface area contributed by atoms with Crippen LogP contribution in [-0.2, 0) is 20.7 Å². The number of nitrogens with zero attached hydrogens (tertiary/aromatic N) is 1. The number of carbonyl (C=O) groups is 2. The Balaban J connectivity index is 1.45. The number of esters is 1. The SMILES string of the molecule is CCOC(=O)CN=C([Se])[C@H](Cc1ccccc1)NC(=O)OCC1c2ccccc2-c2ccccc21. The van der Waals surface area contributed by atoms with Gasteiger partial charge in [-0.2, -0.15) is 0 Å². The Hall–Kier alpha value is -3.41. The van der Waals surface area contributed by atoms with Crippen LogP contribution >= 0.6 is 0 Å². The molecule has 6 nitrogen and oxygen atoms in total. The van der Waals surface area contributed by atoms with Gasteiger partial charge >= 0.3 is 214 Å². The van der Waals surface area contributed by atoms with Crippen molar-refractivity contribution in [3.63, 3.8) is 0 Å². The van der Waals surface area contributed by atoms with Crippen LogP contribution in [-0.4, -0.2) is 58.5 Å². The molecule has 0 aliphatic heterocycles. The monoisotopic (exact) mass is 535 g/mol. The Morgan fingerprint density at radius 2 is 1.51 bits per heavy atom. The van der Waals surface area contributed by atoms with Crippen LogP contribution in [0.2, 0.25) is 0 Å². The molecule has 1 radical (unpaired) electrons. The molecular formula is C28H27N2O4Se. The zero-order valence-corrected chi connectivity index (χ0v) is 21.2. The molecule has 0 unspecified atom stereocenters. The molecule has 1 aliphatic carbocycles. The third kappa shape index (κ3) is 6.18. The van der Waals surface area contributed by atoms with Gasteiger partial charge in [-0.3, -0.25) is 0 Å². The Bertz CT molecular complexity index is 1170. The van der Waals surface area contributed by atoms with Crippen LogP contribution < -0.4 is 5.32 Å². The Kier molecular flexibility index (Phi) is 8.35. The number of aliphatic imine (C=N–C) groups is 1.